The molecule has 0 aliphatic heterocycles. The average molecular weight is 512 g/mol. The molecule has 1 aromatic heterocycles. The number of ether oxygens (including phenoxy) is 1. The summed E-state index contributed by atoms with van der Waals surface area (Å²) in [5.74, 6) is 3.91. The van der Waals surface area contributed by atoms with E-state index < -0.39 is 0 Å². The lowest BCUT2D eigenvalue weighted by atomic mass is 9.94. The molecule has 160 valence electrons. The zero-order valence-electron chi connectivity index (χ0n) is 18.0. The Morgan fingerprint density at radius 1 is 1.24 bits per heavy atom. The van der Waals surface area contributed by atoms with Crippen LogP contribution < -0.4 is 15.4 Å². The van der Waals surface area contributed by atoms with Crippen LogP contribution in [0, 0.1) is 12.8 Å². The minimum Gasteiger partial charge on any atom is -0.493 e. The molecule has 0 atom stereocenters. The number of benzene rings is 1. The van der Waals surface area contributed by atoms with E-state index in [-0.39, 0.29) is 29.4 Å². The fourth-order valence-electron chi connectivity index (χ4n) is 2.73. The molecule has 1 aromatic carbocycles. The molecule has 0 amide bonds. The third-order valence-electron chi connectivity index (χ3n) is 4.76. The van der Waals surface area contributed by atoms with Gasteiger partial charge in [-0.15, -0.1) is 24.0 Å². The second-order valence-corrected chi connectivity index (χ2v) is 8.51. The van der Waals surface area contributed by atoms with Crippen molar-refractivity contribution >= 4 is 29.9 Å². The number of nitrogens with one attached hydrogen (secondary N) is 2. The van der Waals surface area contributed by atoms with Crippen LogP contribution in [0.25, 0.3) is 0 Å². The number of hydrogen-bond acceptors (Lipinski definition) is 4. The van der Waals surface area contributed by atoms with Crippen LogP contribution in [0.5, 0.6) is 5.75 Å². The van der Waals surface area contributed by atoms with Crippen LogP contribution >= 0.6 is 24.0 Å². The third-order valence-corrected chi connectivity index (χ3v) is 4.76. The van der Waals surface area contributed by atoms with Gasteiger partial charge in [-0.3, -0.25) is 4.99 Å². The summed E-state index contributed by atoms with van der Waals surface area (Å²) < 4.78 is 11.9. The van der Waals surface area contributed by atoms with Crippen LogP contribution in [-0.2, 0) is 18.5 Å². The van der Waals surface area contributed by atoms with Gasteiger partial charge in [0.15, 0.2) is 5.96 Å². The van der Waals surface area contributed by atoms with Crippen LogP contribution in [0.3, 0.4) is 0 Å². The van der Waals surface area contributed by atoms with Crippen molar-refractivity contribution in [2.45, 2.75) is 59.0 Å². The van der Waals surface area contributed by atoms with Crippen molar-refractivity contribution in [2.24, 2.45) is 10.9 Å². The summed E-state index contributed by atoms with van der Waals surface area (Å²) in [6.45, 7) is 10.3. The van der Waals surface area contributed by atoms with Crippen LogP contribution in [0.15, 0.2) is 33.8 Å². The molecule has 1 aliphatic rings. The Hall–Kier alpha value is -1.77. The first kappa shape index (κ1) is 23.5. The number of oxazole rings is 1. The molecule has 2 aromatic rings. The highest BCUT2D eigenvalue weighted by atomic mass is 127. The zero-order valence-corrected chi connectivity index (χ0v) is 20.4. The van der Waals surface area contributed by atoms with Crippen molar-refractivity contribution in [2.75, 3.05) is 13.7 Å². The Labute approximate surface area is 190 Å². The van der Waals surface area contributed by atoms with Gasteiger partial charge in [0.1, 0.15) is 11.5 Å². The fourth-order valence-corrected chi connectivity index (χ4v) is 2.73. The molecule has 2 N–H and O–H groups in total. The van der Waals surface area contributed by atoms with Crippen molar-refractivity contribution in [1.29, 1.82) is 0 Å². The Morgan fingerprint density at radius 3 is 2.59 bits per heavy atom. The summed E-state index contributed by atoms with van der Waals surface area (Å²) in [6.07, 6.45) is 4.37. The van der Waals surface area contributed by atoms with Crippen molar-refractivity contribution in [3.63, 3.8) is 0 Å². The van der Waals surface area contributed by atoms with Gasteiger partial charge in [0.2, 0.25) is 5.89 Å². The number of halogens is 1. The second-order valence-electron chi connectivity index (χ2n) is 8.51. The zero-order chi connectivity index (χ0) is 20.1. The van der Waals surface area contributed by atoms with Crippen LogP contribution in [-0.4, -0.2) is 24.6 Å². The fraction of sp³-hybridized carbons (Fsp3) is 0.545. The molecule has 29 heavy (non-hydrogen) atoms. The number of nitrogens with zero attached hydrogens (tertiary/aromatic N) is 2. The minimum atomic E-state index is -0.0481. The van der Waals surface area contributed by atoms with E-state index in [0.717, 1.165) is 29.6 Å². The van der Waals surface area contributed by atoms with Crippen molar-refractivity contribution in [1.82, 2.24) is 15.6 Å². The average Bonchev–Trinajstić information content (AvgIpc) is 3.35. The summed E-state index contributed by atoms with van der Waals surface area (Å²) in [7, 11) is 1.76. The predicted octanol–water partition coefficient (Wildman–Crippen LogP) is 4.55. The Kier molecular flexibility index (Phi) is 8.36. The number of hydrogen-bond donors (Lipinski definition) is 2. The highest BCUT2D eigenvalue weighted by molar-refractivity contribution is 14.0. The Balaban J connectivity index is 0.00000300. The molecule has 6 nitrogen and oxygen atoms in total. The smallest absolute Gasteiger partial charge is 0.213 e. The molecular weight excluding hydrogens is 479 g/mol. The SMILES string of the molecule is CN=C(NCc1ncc(C(C)(C)C)o1)NCc1ccc(C)cc1OCC1CC1.I. The highest BCUT2D eigenvalue weighted by Crippen LogP contribution is 2.30. The monoisotopic (exact) mass is 512 g/mol. The van der Waals surface area contributed by atoms with Gasteiger partial charge in [0, 0.05) is 24.6 Å². The molecule has 1 aliphatic carbocycles. The predicted molar refractivity (Wildman–Crippen MR) is 127 cm³/mol. The first-order chi connectivity index (χ1) is 13.3. The topological polar surface area (TPSA) is 71.7 Å². The molecule has 7 heteroatoms. The maximum absolute atomic E-state index is 6.05. The minimum absolute atomic E-state index is 0. The summed E-state index contributed by atoms with van der Waals surface area (Å²) in [5, 5.41) is 6.60. The lowest BCUT2D eigenvalue weighted by molar-refractivity contribution is 0.296. The van der Waals surface area contributed by atoms with E-state index in [2.05, 4.69) is 66.5 Å². The van der Waals surface area contributed by atoms with Gasteiger partial charge in [-0.1, -0.05) is 32.9 Å². The van der Waals surface area contributed by atoms with Gasteiger partial charge in [0.25, 0.3) is 0 Å². The summed E-state index contributed by atoms with van der Waals surface area (Å²) in [5.41, 5.74) is 2.28. The number of guanidine groups is 1. The maximum atomic E-state index is 6.05. The van der Waals surface area contributed by atoms with E-state index in [4.69, 9.17) is 9.15 Å². The van der Waals surface area contributed by atoms with Gasteiger partial charge >= 0.3 is 0 Å². The number of aliphatic imine (C=N–C) groups is 1. The van der Waals surface area contributed by atoms with Crippen LogP contribution in [0.4, 0.5) is 0 Å². The van der Waals surface area contributed by atoms with Crippen LogP contribution in [0.2, 0.25) is 0 Å². The molecular formula is C22H33IN4O2. The first-order valence-electron chi connectivity index (χ1n) is 9.97. The highest BCUT2D eigenvalue weighted by Gasteiger charge is 2.22. The lowest BCUT2D eigenvalue weighted by Gasteiger charge is -2.15. The van der Waals surface area contributed by atoms with E-state index in [1.54, 1.807) is 13.2 Å². The van der Waals surface area contributed by atoms with E-state index in [1.807, 2.05) is 0 Å². The van der Waals surface area contributed by atoms with Gasteiger partial charge in [-0.05, 0) is 37.3 Å². The first-order valence-corrected chi connectivity index (χ1v) is 9.97. The number of aromatic nitrogens is 1. The number of aryl methyl sites for hydroxylation is 1. The van der Waals surface area contributed by atoms with E-state index in [9.17, 15) is 0 Å². The molecule has 3 rings (SSSR count). The van der Waals surface area contributed by atoms with Crippen molar-refractivity contribution in [3.05, 3.63) is 47.2 Å². The van der Waals surface area contributed by atoms with E-state index >= 15 is 0 Å². The Morgan fingerprint density at radius 2 is 1.97 bits per heavy atom. The normalized spacial score (nSPS) is 14.3. The standard InChI is InChI=1S/C22H32N4O2.HI/c1-15-6-9-17(18(10-15)27-14-16-7-8-16)11-25-21(23-5)26-13-20-24-12-19(28-20)22(2,3)4;/h6,9-10,12,16H,7-8,11,13-14H2,1-5H3,(H2,23,25,26);1H. The van der Waals surface area contributed by atoms with E-state index in [0.29, 0.717) is 24.9 Å². The lowest BCUT2D eigenvalue weighted by Crippen LogP contribution is -2.36. The maximum Gasteiger partial charge on any atom is 0.213 e. The molecule has 0 bridgehead atoms. The van der Waals surface area contributed by atoms with Gasteiger partial charge < -0.3 is 19.8 Å². The third kappa shape index (κ3) is 7.21. The van der Waals surface area contributed by atoms with Gasteiger partial charge in [-0.25, -0.2) is 4.98 Å². The molecule has 1 heterocycles. The Bertz CT molecular complexity index is 822. The molecule has 0 radical (unpaired) electrons. The largest absolute Gasteiger partial charge is 0.493 e. The quantitative estimate of drug-likeness (QED) is 0.324. The summed E-state index contributed by atoms with van der Waals surface area (Å²) in [4.78, 5) is 8.64. The number of rotatable bonds is 7. The van der Waals surface area contributed by atoms with Gasteiger partial charge in [-0.2, -0.15) is 0 Å². The molecule has 1 saturated carbocycles. The van der Waals surface area contributed by atoms with Crippen LogP contribution in [0.1, 0.15) is 56.4 Å². The summed E-state index contributed by atoms with van der Waals surface area (Å²) in [6, 6.07) is 6.33. The molecule has 0 spiro atoms. The van der Waals surface area contributed by atoms with Gasteiger partial charge in [0.05, 0.1) is 19.3 Å². The second kappa shape index (κ2) is 10.3. The summed E-state index contributed by atoms with van der Waals surface area (Å²) >= 11 is 0. The van der Waals surface area contributed by atoms with E-state index in [1.165, 1.54) is 18.4 Å². The molecule has 0 saturated heterocycles. The van der Waals surface area contributed by atoms with Crippen molar-refractivity contribution in [3.8, 4) is 5.75 Å². The molecule has 1 fully saturated rings. The van der Waals surface area contributed by atoms with Crippen molar-refractivity contribution < 1.29 is 9.15 Å². The molecule has 0 unspecified atom stereocenters.